The van der Waals surface area contributed by atoms with Crippen molar-refractivity contribution in [1.82, 2.24) is 4.90 Å². The Hall–Kier alpha value is -2.32. The molecule has 0 bridgehead atoms. The molecule has 1 aliphatic heterocycles. The molecule has 2 aromatic rings. The Morgan fingerprint density at radius 3 is 2.00 bits per heavy atom. The predicted octanol–water partition coefficient (Wildman–Crippen LogP) is 5.23. The molecule has 3 rings (SSSR count). The van der Waals surface area contributed by atoms with Gasteiger partial charge in [0, 0.05) is 25.6 Å². The highest BCUT2D eigenvalue weighted by molar-refractivity contribution is 5.70. The minimum absolute atomic E-state index is 0.114. The van der Waals surface area contributed by atoms with Crippen LogP contribution in [-0.4, -0.2) is 29.7 Å². The van der Waals surface area contributed by atoms with Crippen molar-refractivity contribution in [1.29, 1.82) is 0 Å². The molecule has 1 N–H and O–H groups in total. The van der Waals surface area contributed by atoms with Crippen molar-refractivity contribution in [2.75, 3.05) is 19.7 Å². The van der Waals surface area contributed by atoms with Crippen LogP contribution in [0.2, 0.25) is 0 Å². The van der Waals surface area contributed by atoms with E-state index in [4.69, 9.17) is 0 Å². The first-order valence-corrected chi connectivity index (χ1v) is 8.95. The van der Waals surface area contributed by atoms with Gasteiger partial charge in [0.25, 0.3) is 0 Å². The number of rotatable bonds is 4. The van der Waals surface area contributed by atoms with Crippen molar-refractivity contribution >= 4 is 5.57 Å². The first-order valence-electron chi connectivity index (χ1n) is 8.95. The molecule has 2 nitrogen and oxygen atoms in total. The molecule has 8 heteroatoms. The molecule has 0 amide bonds. The fourth-order valence-electron chi connectivity index (χ4n) is 3.48. The van der Waals surface area contributed by atoms with Gasteiger partial charge in [-0.3, -0.25) is 4.90 Å². The summed E-state index contributed by atoms with van der Waals surface area (Å²) in [5.74, 6) is -0.586. The van der Waals surface area contributed by atoms with E-state index in [9.17, 15) is 31.4 Å². The maximum atomic E-state index is 13.1. The van der Waals surface area contributed by atoms with Gasteiger partial charge in [0.1, 0.15) is 0 Å². The summed E-state index contributed by atoms with van der Waals surface area (Å²) in [6.07, 6.45) is -8.21. The number of halogens is 6. The van der Waals surface area contributed by atoms with Crippen molar-refractivity contribution in [3.05, 3.63) is 76.9 Å². The number of alkyl halides is 6. The van der Waals surface area contributed by atoms with E-state index in [1.807, 2.05) is 35.2 Å². The minimum atomic E-state index is -4.90. The summed E-state index contributed by atoms with van der Waals surface area (Å²) in [6.45, 7) is 0.874. The molecular formula is C21H19F6NO. The lowest BCUT2D eigenvalue weighted by Crippen LogP contribution is -2.35. The molecular weight excluding hydrogens is 396 g/mol. The van der Waals surface area contributed by atoms with Gasteiger partial charge in [-0.05, 0) is 34.9 Å². The van der Waals surface area contributed by atoms with Gasteiger partial charge < -0.3 is 5.11 Å². The zero-order valence-corrected chi connectivity index (χ0v) is 15.3. The predicted molar refractivity (Wildman–Crippen MR) is 96.7 cm³/mol. The lowest BCUT2D eigenvalue weighted by Gasteiger charge is -2.32. The van der Waals surface area contributed by atoms with Gasteiger partial charge in [0.15, 0.2) is 0 Å². The summed E-state index contributed by atoms with van der Waals surface area (Å²) in [5.41, 5.74) is -1.54. The van der Waals surface area contributed by atoms with Crippen LogP contribution in [0, 0.1) is 5.92 Å². The number of hydrogen-bond donors (Lipinski definition) is 1. The van der Waals surface area contributed by atoms with E-state index in [0.717, 1.165) is 17.7 Å². The second-order valence-corrected chi connectivity index (χ2v) is 7.01. The first kappa shape index (κ1) is 21.4. The highest BCUT2D eigenvalue weighted by Crippen LogP contribution is 2.39. The van der Waals surface area contributed by atoms with Crippen LogP contribution in [0.15, 0.2) is 54.6 Å². The summed E-state index contributed by atoms with van der Waals surface area (Å²) in [5, 5.41) is 9.75. The van der Waals surface area contributed by atoms with Crippen LogP contribution in [0.1, 0.15) is 22.3 Å². The second kappa shape index (κ2) is 8.20. The van der Waals surface area contributed by atoms with Crippen molar-refractivity contribution in [2.45, 2.75) is 18.9 Å². The van der Waals surface area contributed by atoms with Crippen LogP contribution in [0.25, 0.3) is 5.57 Å². The number of nitrogens with zero attached hydrogens (tertiary/aromatic N) is 1. The van der Waals surface area contributed by atoms with E-state index >= 15 is 0 Å². The van der Waals surface area contributed by atoms with Crippen LogP contribution >= 0.6 is 0 Å². The van der Waals surface area contributed by atoms with Gasteiger partial charge in [-0.15, -0.1) is 0 Å². The molecule has 0 saturated heterocycles. The number of benzene rings is 2. The summed E-state index contributed by atoms with van der Waals surface area (Å²) < 4.78 is 78.9. The van der Waals surface area contributed by atoms with E-state index in [2.05, 4.69) is 0 Å². The first-order chi connectivity index (χ1) is 13.6. The topological polar surface area (TPSA) is 23.5 Å². The fraction of sp³-hybridized carbons (Fsp3) is 0.333. The Labute approximate surface area is 164 Å². The minimum Gasteiger partial charge on any atom is -0.396 e. The van der Waals surface area contributed by atoms with Crippen LogP contribution < -0.4 is 0 Å². The SMILES string of the molecule is OCC1CN(Cc2ccccc2)CC=C1c1cc(C(F)(F)F)cc(C(F)(F)F)c1. The maximum Gasteiger partial charge on any atom is 0.416 e. The number of aliphatic hydroxyl groups excluding tert-OH is 1. The van der Waals surface area contributed by atoms with Crippen LogP contribution in [0.5, 0.6) is 0 Å². The molecule has 156 valence electrons. The third kappa shape index (κ3) is 5.19. The van der Waals surface area contributed by atoms with Crippen LogP contribution in [0.3, 0.4) is 0 Å². The Morgan fingerprint density at radius 1 is 0.897 bits per heavy atom. The Morgan fingerprint density at radius 2 is 1.48 bits per heavy atom. The highest BCUT2D eigenvalue weighted by Gasteiger charge is 2.37. The molecule has 0 saturated carbocycles. The van der Waals surface area contributed by atoms with E-state index in [1.54, 1.807) is 6.08 Å². The van der Waals surface area contributed by atoms with Crippen LogP contribution in [0.4, 0.5) is 26.3 Å². The molecule has 1 unspecified atom stereocenters. The molecule has 1 aliphatic rings. The lowest BCUT2D eigenvalue weighted by atomic mass is 9.87. The van der Waals surface area contributed by atoms with E-state index < -0.39 is 29.4 Å². The lowest BCUT2D eigenvalue weighted by molar-refractivity contribution is -0.143. The summed E-state index contributed by atoms with van der Waals surface area (Å²) >= 11 is 0. The molecule has 1 atom stereocenters. The molecule has 1 heterocycles. The number of aliphatic hydroxyl groups is 1. The maximum absolute atomic E-state index is 13.1. The quantitative estimate of drug-likeness (QED) is 0.691. The molecule has 0 spiro atoms. The molecule has 0 aliphatic carbocycles. The molecule has 2 aromatic carbocycles. The molecule has 29 heavy (non-hydrogen) atoms. The van der Waals surface area contributed by atoms with E-state index in [-0.39, 0.29) is 18.2 Å². The Balaban J connectivity index is 1.94. The van der Waals surface area contributed by atoms with Crippen LogP contribution in [-0.2, 0) is 18.9 Å². The van der Waals surface area contributed by atoms with Gasteiger partial charge in [0.05, 0.1) is 17.7 Å². The summed E-state index contributed by atoms with van der Waals surface area (Å²) in [7, 11) is 0. The van der Waals surface area contributed by atoms with Gasteiger partial charge in [-0.25, -0.2) is 0 Å². The monoisotopic (exact) mass is 415 g/mol. The normalized spacial score (nSPS) is 18.6. The molecule has 0 radical (unpaired) electrons. The van der Waals surface area contributed by atoms with Crippen molar-refractivity contribution in [3.63, 3.8) is 0 Å². The third-order valence-corrected chi connectivity index (χ3v) is 4.88. The van der Waals surface area contributed by atoms with Gasteiger partial charge >= 0.3 is 12.4 Å². The molecule has 0 aromatic heterocycles. The Kier molecular flexibility index (Phi) is 6.05. The average molecular weight is 415 g/mol. The Bertz CT molecular complexity index is 841. The highest BCUT2D eigenvalue weighted by atomic mass is 19.4. The van der Waals surface area contributed by atoms with Gasteiger partial charge in [0.2, 0.25) is 0 Å². The summed E-state index contributed by atoms with van der Waals surface area (Å²) in [6, 6.07) is 11.0. The molecule has 0 fully saturated rings. The standard InChI is InChI=1S/C21H19F6NO/c22-20(23,24)17-8-15(9-18(10-17)21(25,26)27)19-6-7-28(12-16(19)13-29)11-14-4-2-1-3-5-14/h1-6,8-10,16,29H,7,11-13H2. The second-order valence-electron chi connectivity index (χ2n) is 7.01. The largest absolute Gasteiger partial charge is 0.416 e. The van der Waals surface area contributed by atoms with E-state index in [0.29, 0.717) is 25.2 Å². The van der Waals surface area contributed by atoms with Crippen molar-refractivity contribution in [3.8, 4) is 0 Å². The van der Waals surface area contributed by atoms with Gasteiger partial charge in [-0.1, -0.05) is 36.4 Å². The number of hydrogen-bond acceptors (Lipinski definition) is 2. The average Bonchev–Trinajstić information content (AvgIpc) is 2.67. The van der Waals surface area contributed by atoms with Crippen molar-refractivity contribution < 1.29 is 31.4 Å². The zero-order valence-electron chi connectivity index (χ0n) is 15.3. The third-order valence-electron chi connectivity index (χ3n) is 4.88. The van der Waals surface area contributed by atoms with E-state index in [1.165, 1.54) is 0 Å². The fourth-order valence-corrected chi connectivity index (χ4v) is 3.48. The smallest absolute Gasteiger partial charge is 0.396 e. The zero-order chi connectivity index (χ0) is 21.2. The van der Waals surface area contributed by atoms with Crippen molar-refractivity contribution in [2.24, 2.45) is 5.92 Å². The summed E-state index contributed by atoms with van der Waals surface area (Å²) in [4.78, 5) is 1.98. The van der Waals surface area contributed by atoms with Gasteiger partial charge in [-0.2, -0.15) is 26.3 Å².